The molecule has 5 nitrogen and oxygen atoms in total. The van der Waals surface area contributed by atoms with E-state index in [1.807, 2.05) is 56.4 Å². The number of nitrogens with one attached hydrogen (secondary N) is 2. The van der Waals surface area contributed by atoms with Crippen LogP contribution in [0.25, 0.3) is 0 Å². The van der Waals surface area contributed by atoms with E-state index in [1.54, 1.807) is 27.9 Å². The van der Waals surface area contributed by atoms with E-state index in [9.17, 15) is 0 Å². The predicted octanol–water partition coefficient (Wildman–Crippen LogP) is 4.92. The van der Waals surface area contributed by atoms with Gasteiger partial charge >= 0.3 is 0 Å². The minimum atomic E-state index is 0.482. The highest BCUT2D eigenvalue weighted by atomic mass is 35.5. The van der Waals surface area contributed by atoms with Crippen molar-refractivity contribution in [3.05, 3.63) is 71.4 Å². The normalized spacial score (nSPS) is 10.3. The second-order valence-electron chi connectivity index (χ2n) is 5.91. The Morgan fingerprint density at radius 3 is 2.22 bits per heavy atom. The topological polar surface area (TPSA) is 45.1 Å². The molecule has 0 saturated carbocycles. The molecule has 1 heterocycles. The third-order valence-corrected chi connectivity index (χ3v) is 4.75. The third-order valence-electron chi connectivity index (χ3n) is 3.83. The van der Waals surface area contributed by atoms with Gasteiger partial charge in [0.2, 0.25) is 0 Å². The summed E-state index contributed by atoms with van der Waals surface area (Å²) in [5.74, 6) is 0.675. The van der Waals surface area contributed by atoms with Crippen LogP contribution in [0.3, 0.4) is 0 Å². The van der Waals surface area contributed by atoms with Crippen molar-refractivity contribution < 1.29 is 0 Å². The molecule has 3 aromatic rings. The zero-order valence-corrected chi connectivity index (χ0v) is 17.2. The summed E-state index contributed by atoms with van der Waals surface area (Å²) in [4.78, 5) is 1.77. The molecule has 8 heteroatoms. The summed E-state index contributed by atoms with van der Waals surface area (Å²) in [6.45, 7) is 2.04. The van der Waals surface area contributed by atoms with Gasteiger partial charge in [-0.3, -0.25) is 0 Å². The lowest BCUT2D eigenvalue weighted by Gasteiger charge is -2.18. The number of aryl methyl sites for hydroxylation is 1. The average Bonchev–Trinajstić information content (AvgIpc) is 3.15. The quantitative estimate of drug-likeness (QED) is 0.592. The van der Waals surface area contributed by atoms with E-state index in [-0.39, 0.29) is 0 Å². The van der Waals surface area contributed by atoms with Gasteiger partial charge in [0.25, 0.3) is 0 Å². The average molecular weight is 416 g/mol. The lowest BCUT2D eigenvalue weighted by Crippen LogP contribution is -2.31. The molecular formula is C19H18ClN5S2. The number of halogens is 1. The first-order valence-electron chi connectivity index (χ1n) is 8.16. The fourth-order valence-corrected chi connectivity index (χ4v) is 2.83. The Bertz CT molecular complexity index is 951. The Morgan fingerprint density at radius 1 is 0.963 bits per heavy atom. The Balaban J connectivity index is 1.64. The van der Waals surface area contributed by atoms with Crippen molar-refractivity contribution >= 4 is 63.5 Å². The van der Waals surface area contributed by atoms with Gasteiger partial charge in [0, 0.05) is 35.7 Å². The van der Waals surface area contributed by atoms with Gasteiger partial charge in [-0.1, -0.05) is 29.3 Å². The summed E-state index contributed by atoms with van der Waals surface area (Å²) >= 11 is 16.8. The highest BCUT2D eigenvalue weighted by Crippen LogP contribution is 2.16. The number of thiocarbonyl (C=S) groups is 2. The van der Waals surface area contributed by atoms with Crippen LogP contribution in [0.4, 0.5) is 17.2 Å². The molecule has 138 valence electrons. The molecule has 2 N–H and O–H groups in total. The molecular weight excluding hydrogens is 398 g/mol. The second kappa shape index (κ2) is 8.47. The van der Waals surface area contributed by atoms with Crippen molar-refractivity contribution in [1.29, 1.82) is 0 Å². The summed E-state index contributed by atoms with van der Waals surface area (Å²) in [6.07, 6.45) is 1.79. The van der Waals surface area contributed by atoms with E-state index >= 15 is 0 Å². The van der Waals surface area contributed by atoms with Gasteiger partial charge in [0.15, 0.2) is 16.0 Å². The number of hydrogen-bond donors (Lipinski definition) is 2. The Morgan fingerprint density at radius 2 is 1.56 bits per heavy atom. The van der Waals surface area contributed by atoms with Crippen molar-refractivity contribution in [2.75, 3.05) is 22.6 Å². The van der Waals surface area contributed by atoms with Gasteiger partial charge in [-0.2, -0.15) is 0 Å². The minimum Gasteiger partial charge on any atom is -0.332 e. The summed E-state index contributed by atoms with van der Waals surface area (Å²) in [7, 11) is 1.84. The van der Waals surface area contributed by atoms with Gasteiger partial charge in [0.05, 0.1) is 0 Å². The van der Waals surface area contributed by atoms with E-state index in [4.69, 9.17) is 36.0 Å². The minimum absolute atomic E-state index is 0.482. The molecule has 0 spiro atoms. The van der Waals surface area contributed by atoms with Gasteiger partial charge in [0.1, 0.15) is 0 Å². The van der Waals surface area contributed by atoms with E-state index in [0.717, 1.165) is 11.4 Å². The van der Waals surface area contributed by atoms with Crippen LogP contribution in [0, 0.1) is 6.92 Å². The SMILES string of the molecule is Cc1ccc(NC(=S)n2ccc(N(C)C(=S)Nc3ccc(Cl)cc3)n2)cc1. The second-order valence-corrected chi connectivity index (χ2v) is 7.12. The predicted molar refractivity (Wildman–Crippen MR) is 121 cm³/mol. The van der Waals surface area contributed by atoms with Gasteiger partial charge in [-0.15, -0.1) is 5.10 Å². The molecule has 3 rings (SSSR count). The van der Waals surface area contributed by atoms with Crippen LogP contribution in [0.2, 0.25) is 5.02 Å². The third kappa shape index (κ3) is 5.03. The molecule has 0 fully saturated rings. The molecule has 0 aliphatic carbocycles. The lowest BCUT2D eigenvalue weighted by atomic mass is 10.2. The standard InChI is InChI=1S/C19H18ClN5S2/c1-13-3-7-15(8-4-13)22-19(27)25-12-11-17(23-25)24(2)18(26)21-16-9-5-14(20)6-10-16/h3-12H,1-2H3,(H,21,26)(H,22,27). The summed E-state index contributed by atoms with van der Waals surface area (Å²) < 4.78 is 1.60. The molecule has 0 bridgehead atoms. The van der Waals surface area contributed by atoms with Crippen LogP contribution >= 0.6 is 36.0 Å². The number of hydrogen-bond acceptors (Lipinski definition) is 3. The summed E-state index contributed by atoms with van der Waals surface area (Å²) in [5.41, 5.74) is 2.96. The smallest absolute Gasteiger partial charge is 0.198 e. The molecule has 2 aromatic carbocycles. The molecule has 0 aliphatic rings. The van der Waals surface area contributed by atoms with Crippen molar-refractivity contribution in [3.63, 3.8) is 0 Å². The molecule has 0 unspecified atom stereocenters. The van der Waals surface area contributed by atoms with Crippen molar-refractivity contribution in [2.24, 2.45) is 0 Å². The molecule has 0 saturated heterocycles. The molecule has 0 atom stereocenters. The maximum atomic E-state index is 5.90. The molecule has 0 aliphatic heterocycles. The lowest BCUT2D eigenvalue weighted by molar-refractivity contribution is 0.937. The zero-order chi connectivity index (χ0) is 19.4. The number of nitrogens with zero attached hydrogens (tertiary/aromatic N) is 3. The maximum Gasteiger partial charge on any atom is 0.198 e. The fourth-order valence-electron chi connectivity index (χ4n) is 2.27. The first-order chi connectivity index (χ1) is 12.9. The van der Waals surface area contributed by atoms with Crippen molar-refractivity contribution in [1.82, 2.24) is 9.78 Å². The van der Waals surface area contributed by atoms with E-state index in [1.165, 1.54) is 5.56 Å². The van der Waals surface area contributed by atoms with E-state index in [2.05, 4.69) is 15.7 Å². The van der Waals surface area contributed by atoms with Gasteiger partial charge in [-0.05, 0) is 67.8 Å². The van der Waals surface area contributed by atoms with Crippen molar-refractivity contribution in [2.45, 2.75) is 6.92 Å². The van der Waals surface area contributed by atoms with Crippen LogP contribution < -0.4 is 15.5 Å². The number of aromatic nitrogens is 2. The Labute approximate surface area is 173 Å². The zero-order valence-electron chi connectivity index (χ0n) is 14.8. The molecule has 27 heavy (non-hydrogen) atoms. The Kier molecular flexibility index (Phi) is 6.05. The monoisotopic (exact) mass is 415 g/mol. The molecule has 0 amide bonds. The molecule has 1 aromatic heterocycles. The van der Waals surface area contributed by atoms with Crippen LogP contribution in [0.1, 0.15) is 5.56 Å². The first kappa shape index (κ1) is 19.3. The summed E-state index contributed by atoms with van der Waals surface area (Å²) in [6, 6.07) is 17.2. The highest BCUT2D eigenvalue weighted by Gasteiger charge is 2.12. The van der Waals surface area contributed by atoms with Crippen LogP contribution in [-0.4, -0.2) is 27.1 Å². The van der Waals surface area contributed by atoms with E-state index < -0.39 is 0 Å². The number of benzene rings is 2. The van der Waals surface area contributed by atoms with E-state index in [0.29, 0.717) is 21.1 Å². The number of anilines is 3. The van der Waals surface area contributed by atoms with Crippen LogP contribution in [0.15, 0.2) is 60.8 Å². The van der Waals surface area contributed by atoms with Gasteiger partial charge < -0.3 is 15.5 Å². The van der Waals surface area contributed by atoms with Crippen LogP contribution in [0.5, 0.6) is 0 Å². The molecule has 0 radical (unpaired) electrons. The maximum absolute atomic E-state index is 5.90. The Hall–Kier alpha value is -2.48. The first-order valence-corrected chi connectivity index (χ1v) is 9.36. The van der Waals surface area contributed by atoms with Crippen molar-refractivity contribution in [3.8, 4) is 0 Å². The number of rotatable bonds is 3. The summed E-state index contributed by atoms with van der Waals surface area (Å²) in [5, 5.41) is 12.5. The highest BCUT2D eigenvalue weighted by molar-refractivity contribution is 7.81. The van der Waals surface area contributed by atoms with Gasteiger partial charge in [-0.25, -0.2) is 4.68 Å². The van der Waals surface area contributed by atoms with Crippen LogP contribution in [-0.2, 0) is 0 Å². The fraction of sp³-hybridized carbons (Fsp3) is 0.105. The largest absolute Gasteiger partial charge is 0.332 e.